The number of rotatable bonds is 7. The second kappa shape index (κ2) is 9.87. The van der Waals surface area contributed by atoms with Crippen molar-refractivity contribution in [3.63, 3.8) is 0 Å². The molecule has 8 nitrogen and oxygen atoms in total. The second-order valence-corrected chi connectivity index (χ2v) is 9.28. The normalized spacial score (nSPS) is 22.7. The zero-order valence-electron chi connectivity index (χ0n) is 20.3. The van der Waals surface area contributed by atoms with Crippen molar-refractivity contribution in [1.82, 2.24) is 24.8 Å². The second-order valence-electron chi connectivity index (χ2n) is 9.28. The lowest BCUT2D eigenvalue weighted by Crippen LogP contribution is -2.46. The van der Waals surface area contributed by atoms with Crippen molar-refractivity contribution >= 4 is 22.9 Å². The smallest absolute Gasteiger partial charge is 0.244 e. The zero-order valence-corrected chi connectivity index (χ0v) is 20.3. The van der Waals surface area contributed by atoms with Crippen LogP contribution in [0.2, 0.25) is 0 Å². The summed E-state index contributed by atoms with van der Waals surface area (Å²) in [7, 11) is 3.49. The van der Waals surface area contributed by atoms with Crippen molar-refractivity contribution in [3.8, 4) is 17.0 Å². The van der Waals surface area contributed by atoms with Gasteiger partial charge >= 0.3 is 0 Å². The molecule has 1 fully saturated rings. The van der Waals surface area contributed by atoms with Gasteiger partial charge < -0.3 is 20.3 Å². The third kappa shape index (κ3) is 4.72. The molecule has 2 N–H and O–H groups in total. The van der Waals surface area contributed by atoms with Gasteiger partial charge in [0.1, 0.15) is 18.4 Å². The molecule has 3 atom stereocenters. The molecule has 186 valence electrons. The number of aromatic nitrogens is 3. The lowest BCUT2D eigenvalue weighted by Gasteiger charge is -2.32. The van der Waals surface area contributed by atoms with Gasteiger partial charge in [-0.05, 0) is 56.1 Å². The average molecular weight is 484 g/mol. The van der Waals surface area contributed by atoms with Crippen LogP contribution in [0.15, 0.2) is 35.5 Å². The molecule has 0 amide bonds. The van der Waals surface area contributed by atoms with Gasteiger partial charge in [-0.15, -0.1) is 5.10 Å². The first-order chi connectivity index (χ1) is 17.0. The molecular formula is C25H31F2N7O. The lowest BCUT2D eigenvalue weighted by molar-refractivity contribution is 0.149. The quantitative estimate of drug-likeness (QED) is 0.536. The van der Waals surface area contributed by atoms with Crippen molar-refractivity contribution in [3.05, 3.63) is 36.0 Å². The van der Waals surface area contributed by atoms with Crippen LogP contribution in [-0.4, -0.2) is 83.9 Å². The van der Waals surface area contributed by atoms with Crippen molar-refractivity contribution in [2.24, 2.45) is 4.99 Å². The van der Waals surface area contributed by atoms with Crippen LogP contribution in [-0.2, 0) is 6.42 Å². The highest BCUT2D eigenvalue weighted by molar-refractivity contribution is 5.93. The van der Waals surface area contributed by atoms with Gasteiger partial charge in [-0.2, -0.15) is 4.98 Å². The standard InChI is InChI=1S/C25H31F2N7O/c1-15-22(28-9-8-26)13-17-12-16(4-5-20(17)29-15)18-6-11-34-23(18)24(35-3)31-25(32-34)30-21-7-10-33(2)14-19(21)27/h4-6,11-12,19,21-22,28H,7-10,13-14H2,1-3H3,(H,30,32)/t19-,21+,22+/m1/s1. The van der Waals surface area contributed by atoms with Crippen LogP contribution in [0.1, 0.15) is 18.9 Å². The number of nitrogens with one attached hydrogen (secondary N) is 2. The van der Waals surface area contributed by atoms with Crippen molar-refractivity contribution < 1.29 is 13.5 Å². The molecule has 35 heavy (non-hydrogen) atoms. The Morgan fingerprint density at radius 1 is 1.26 bits per heavy atom. The van der Waals surface area contributed by atoms with E-state index in [0.29, 0.717) is 31.3 Å². The Bertz CT molecular complexity index is 1240. The van der Waals surface area contributed by atoms with Crippen LogP contribution in [0, 0.1) is 0 Å². The summed E-state index contributed by atoms with van der Waals surface area (Å²) < 4.78 is 34.6. The number of hydrogen-bond acceptors (Lipinski definition) is 7. The summed E-state index contributed by atoms with van der Waals surface area (Å²) in [4.78, 5) is 11.2. The van der Waals surface area contributed by atoms with Crippen LogP contribution in [0.25, 0.3) is 16.6 Å². The molecule has 0 unspecified atom stereocenters. The summed E-state index contributed by atoms with van der Waals surface area (Å²) in [5, 5.41) is 11.0. The predicted octanol–water partition coefficient (Wildman–Crippen LogP) is 3.44. The van der Waals surface area contributed by atoms with Gasteiger partial charge in [0.05, 0.1) is 18.8 Å². The van der Waals surface area contributed by atoms with Crippen LogP contribution >= 0.6 is 0 Å². The maximum absolute atomic E-state index is 14.5. The largest absolute Gasteiger partial charge is 0.479 e. The summed E-state index contributed by atoms with van der Waals surface area (Å²) in [6, 6.07) is 7.80. The Hall–Kier alpha value is -3.11. The van der Waals surface area contributed by atoms with Gasteiger partial charge in [-0.25, -0.2) is 13.3 Å². The van der Waals surface area contributed by atoms with Gasteiger partial charge in [0.2, 0.25) is 11.8 Å². The van der Waals surface area contributed by atoms with E-state index in [1.165, 1.54) is 0 Å². The van der Waals surface area contributed by atoms with Crippen molar-refractivity contribution in [2.75, 3.05) is 45.8 Å². The molecule has 10 heteroatoms. The number of piperidine rings is 1. The third-order valence-electron chi connectivity index (χ3n) is 6.83. The molecule has 0 bridgehead atoms. The van der Waals surface area contributed by atoms with E-state index in [-0.39, 0.29) is 12.1 Å². The first-order valence-corrected chi connectivity index (χ1v) is 12.0. The minimum atomic E-state index is -0.996. The first-order valence-electron chi connectivity index (χ1n) is 12.0. The Labute approximate surface area is 203 Å². The molecule has 2 aliphatic rings. The highest BCUT2D eigenvalue weighted by Crippen LogP contribution is 2.35. The fourth-order valence-corrected chi connectivity index (χ4v) is 4.92. The maximum atomic E-state index is 14.5. The number of likely N-dealkylation sites (tertiary alicyclic amines) is 1. The summed E-state index contributed by atoms with van der Waals surface area (Å²) >= 11 is 0. The van der Waals surface area contributed by atoms with Gasteiger partial charge in [0.25, 0.3) is 0 Å². The number of ether oxygens (including phenoxy) is 1. The molecule has 5 rings (SSSR count). The van der Waals surface area contributed by atoms with Gasteiger partial charge in [0, 0.05) is 43.1 Å². The number of halogens is 2. The number of aliphatic imine (C=N–C) groups is 1. The Kier molecular flexibility index (Phi) is 6.66. The SMILES string of the molecule is COc1nc(N[C@H]2CCN(C)C[C@H]2F)nn2ccc(-c3ccc4c(c3)C[C@H](NCCF)C(C)=N4)c12. The fraction of sp³-hybridized carbons (Fsp3) is 0.480. The Balaban J connectivity index is 1.45. The monoisotopic (exact) mass is 483 g/mol. The van der Waals surface area contributed by atoms with Crippen LogP contribution < -0.4 is 15.4 Å². The topological polar surface area (TPSA) is 79.1 Å². The molecule has 4 heterocycles. The number of alkyl halides is 2. The number of methoxy groups -OCH3 is 1. The van der Waals surface area contributed by atoms with Crippen LogP contribution in [0.4, 0.5) is 20.4 Å². The number of nitrogens with zero attached hydrogens (tertiary/aromatic N) is 5. The average Bonchev–Trinajstić information content (AvgIpc) is 3.28. The summed E-state index contributed by atoms with van der Waals surface area (Å²) in [5.74, 6) is 0.755. The van der Waals surface area contributed by atoms with E-state index in [2.05, 4.69) is 26.8 Å². The van der Waals surface area contributed by atoms with E-state index in [1.807, 2.05) is 43.3 Å². The minimum Gasteiger partial charge on any atom is -0.479 e. The van der Waals surface area contributed by atoms with Gasteiger partial charge in [-0.1, -0.05) is 6.07 Å². The molecular weight excluding hydrogens is 452 g/mol. The van der Waals surface area contributed by atoms with Gasteiger partial charge in [0.15, 0.2) is 0 Å². The number of fused-ring (bicyclic) bond motifs is 2. The summed E-state index contributed by atoms with van der Waals surface area (Å²) in [5.41, 5.74) is 5.65. The van der Waals surface area contributed by atoms with Crippen molar-refractivity contribution in [2.45, 2.75) is 38.0 Å². The summed E-state index contributed by atoms with van der Waals surface area (Å²) in [6.07, 6.45) is 2.28. The fourth-order valence-electron chi connectivity index (χ4n) is 4.92. The van der Waals surface area contributed by atoms with E-state index in [4.69, 9.17) is 9.73 Å². The molecule has 1 aromatic carbocycles. The molecule has 0 aliphatic carbocycles. The van der Waals surface area contributed by atoms with Crippen LogP contribution in [0.3, 0.4) is 0 Å². The molecule has 0 saturated carbocycles. The summed E-state index contributed by atoms with van der Waals surface area (Å²) in [6.45, 7) is 3.07. The molecule has 0 spiro atoms. The van der Waals surface area contributed by atoms with E-state index < -0.39 is 12.8 Å². The first kappa shape index (κ1) is 23.6. The number of hydrogen-bond donors (Lipinski definition) is 2. The highest BCUT2D eigenvalue weighted by Gasteiger charge is 2.29. The zero-order chi connectivity index (χ0) is 24.5. The predicted molar refractivity (Wildman–Crippen MR) is 134 cm³/mol. The molecule has 1 saturated heterocycles. The van der Waals surface area contributed by atoms with Crippen molar-refractivity contribution in [1.29, 1.82) is 0 Å². The molecule has 2 aromatic heterocycles. The Morgan fingerprint density at radius 3 is 2.89 bits per heavy atom. The minimum absolute atomic E-state index is 0.0182. The maximum Gasteiger partial charge on any atom is 0.244 e. The third-order valence-corrected chi connectivity index (χ3v) is 6.83. The Morgan fingerprint density at radius 2 is 2.11 bits per heavy atom. The van der Waals surface area contributed by atoms with Crippen LogP contribution in [0.5, 0.6) is 5.88 Å². The highest BCUT2D eigenvalue weighted by atomic mass is 19.1. The van der Waals surface area contributed by atoms with E-state index in [0.717, 1.165) is 46.6 Å². The molecule has 2 aliphatic heterocycles. The number of anilines is 1. The number of benzene rings is 1. The van der Waals surface area contributed by atoms with E-state index in [1.54, 1.807) is 11.6 Å². The molecule has 0 radical (unpaired) electrons. The lowest BCUT2D eigenvalue weighted by atomic mass is 9.94. The van der Waals surface area contributed by atoms with E-state index >= 15 is 0 Å². The molecule has 3 aromatic rings. The van der Waals surface area contributed by atoms with Gasteiger partial charge in [-0.3, -0.25) is 4.99 Å². The van der Waals surface area contributed by atoms with E-state index in [9.17, 15) is 8.78 Å².